The fraction of sp³-hybridized carbons (Fsp3) is 0.524. The minimum Gasteiger partial charge on any atom is -0.395 e. The van der Waals surface area contributed by atoms with E-state index in [0.717, 1.165) is 43.0 Å². The molecule has 1 aromatic heterocycles. The summed E-state index contributed by atoms with van der Waals surface area (Å²) in [5.74, 6) is 0.807. The molecule has 6 heteroatoms. The highest BCUT2D eigenvalue weighted by Gasteiger charge is 2.29. The summed E-state index contributed by atoms with van der Waals surface area (Å²) < 4.78 is 2.18. The Morgan fingerprint density at radius 2 is 1.93 bits per heavy atom. The van der Waals surface area contributed by atoms with Gasteiger partial charge in [0.2, 0.25) is 0 Å². The van der Waals surface area contributed by atoms with E-state index in [1.165, 1.54) is 19.3 Å². The molecule has 144 valence electrons. The fourth-order valence-corrected chi connectivity index (χ4v) is 4.24. The van der Waals surface area contributed by atoms with E-state index in [-0.39, 0.29) is 18.6 Å². The van der Waals surface area contributed by atoms with Crippen molar-refractivity contribution in [2.75, 3.05) is 19.7 Å². The van der Waals surface area contributed by atoms with Gasteiger partial charge in [0, 0.05) is 37.8 Å². The number of hydrogen-bond donors (Lipinski definition) is 2. The van der Waals surface area contributed by atoms with Gasteiger partial charge in [-0.3, -0.25) is 9.69 Å². The van der Waals surface area contributed by atoms with Gasteiger partial charge in [0.25, 0.3) is 5.91 Å². The third kappa shape index (κ3) is 3.92. The van der Waals surface area contributed by atoms with Crippen molar-refractivity contribution in [3.05, 3.63) is 41.7 Å². The van der Waals surface area contributed by atoms with Crippen LogP contribution in [0.25, 0.3) is 11.4 Å². The topological polar surface area (TPSA) is 70.4 Å². The maximum Gasteiger partial charge on any atom is 0.272 e. The number of aromatic nitrogens is 2. The fourth-order valence-electron chi connectivity index (χ4n) is 4.24. The first-order chi connectivity index (χ1) is 13.3. The summed E-state index contributed by atoms with van der Waals surface area (Å²) in [6.07, 6.45) is 5.76. The van der Waals surface area contributed by atoms with Crippen molar-refractivity contribution in [2.24, 2.45) is 0 Å². The molecule has 0 unspecified atom stereocenters. The largest absolute Gasteiger partial charge is 0.395 e. The molecule has 2 aliphatic rings. The molecule has 1 amide bonds. The van der Waals surface area contributed by atoms with Crippen LogP contribution in [-0.4, -0.2) is 51.2 Å². The van der Waals surface area contributed by atoms with Crippen LogP contribution in [0.2, 0.25) is 0 Å². The Hall–Kier alpha value is -2.18. The first kappa shape index (κ1) is 18.2. The first-order valence-corrected chi connectivity index (χ1v) is 10.0. The lowest BCUT2D eigenvalue weighted by Crippen LogP contribution is -2.39. The van der Waals surface area contributed by atoms with E-state index in [1.807, 2.05) is 30.3 Å². The zero-order valence-corrected chi connectivity index (χ0v) is 15.7. The van der Waals surface area contributed by atoms with Gasteiger partial charge in [-0.1, -0.05) is 49.6 Å². The quantitative estimate of drug-likeness (QED) is 0.850. The van der Waals surface area contributed by atoms with Crippen molar-refractivity contribution >= 4 is 5.91 Å². The molecular weight excluding hydrogens is 340 g/mol. The number of aliphatic hydroxyl groups is 1. The van der Waals surface area contributed by atoms with Crippen molar-refractivity contribution in [3.8, 4) is 11.4 Å². The SMILES string of the molecule is O=C(NC1CCCCC1)c1nc(-c2ccccc2)n2c1CN(CCO)CC2. The number of β-amino-alcohol motifs (C(OH)–C–C–N with tert-alkyl or cyclic N) is 1. The van der Waals surface area contributed by atoms with Gasteiger partial charge in [0.15, 0.2) is 5.69 Å². The Morgan fingerprint density at radius 1 is 1.15 bits per heavy atom. The normalized spacial score (nSPS) is 18.3. The molecule has 0 saturated heterocycles. The second-order valence-electron chi connectivity index (χ2n) is 7.56. The Balaban J connectivity index is 1.65. The van der Waals surface area contributed by atoms with Gasteiger partial charge in [-0.05, 0) is 12.8 Å². The zero-order valence-electron chi connectivity index (χ0n) is 15.7. The standard InChI is InChI=1S/C21H28N4O2/c26-14-13-24-11-12-25-18(15-24)19(21(27)22-17-9-5-2-6-10-17)23-20(25)16-7-3-1-4-8-16/h1,3-4,7-8,17,26H,2,5-6,9-15H2,(H,22,27). The van der Waals surface area contributed by atoms with Crippen LogP contribution in [0.15, 0.2) is 30.3 Å². The molecule has 0 bridgehead atoms. The minimum absolute atomic E-state index is 0.0568. The molecule has 1 aromatic carbocycles. The molecule has 2 N–H and O–H groups in total. The van der Waals surface area contributed by atoms with Crippen LogP contribution in [-0.2, 0) is 13.1 Å². The summed E-state index contributed by atoms with van der Waals surface area (Å²) in [4.78, 5) is 20.0. The molecule has 1 aliphatic carbocycles. The number of aliphatic hydroxyl groups excluding tert-OH is 1. The van der Waals surface area contributed by atoms with Crippen LogP contribution < -0.4 is 5.32 Å². The van der Waals surface area contributed by atoms with E-state index in [0.29, 0.717) is 18.8 Å². The van der Waals surface area contributed by atoms with Crippen LogP contribution in [0.1, 0.15) is 48.3 Å². The highest BCUT2D eigenvalue weighted by atomic mass is 16.3. The number of nitrogens with one attached hydrogen (secondary N) is 1. The summed E-state index contributed by atoms with van der Waals surface area (Å²) in [5, 5.41) is 12.5. The monoisotopic (exact) mass is 368 g/mol. The molecule has 0 spiro atoms. The van der Waals surface area contributed by atoms with Crippen molar-refractivity contribution in [2.45, 2.75) is 51.2 Å². The van der Waals surface area contributed by atoms with E-state index >= 15 is 0 Å². The number of hydrogen-bond acceptors (Lipinski definition) is 4. The van der Waals surface area contributed by atoms with Gasteiger partial charge >= 0.3 is 0 Å². The van der Waals surface area contributed by atoms with Gasteiger partial charge in [-0.15, -0.1) is 0 Å². The van der Waals surface area contributed by atoms with Gasteiger partial charge in [-0.2, -0.15) is 0 Å². The van der Waals surface area contributed by atoms with Gasteiger partial charge in [0.05, 0.1) is 12.3 Å². The second kappa shape index (κ2) is 8.23. The number of nitrogens with zero attached hydrogens (tertiary/aromatic N) is 3. The molecule has 1 saturated carbocycles. The first-order valence-electron chi connectivity index (χ1n) is 10.0. The minimum atomic E-state index is -0.0568. The Morgan fingerprint density at radius 3 is 2.67 bits per heavy atom. The van der Waals surface area contributed by atoms with Gasteiger partial charge in [0.1, 0.15) is 5.82 Å². The Bertz CT molecular complexity index is 781. The number of fused-ring (bicyclic) bond motifs is 1. The molecule has 1 aliphatic heterocycles. The van der Waals surface area contributed by atoms with E-state index in [9.17, 15) is 9.90 Å². The van der Waals surface area contributed by atoms with Crippen molar-refractivity contribution in [3.63, 3.8) is 0 Å². The predicted molar refractivity (Wildman–Crippen MR) is 104 cm³/mol. The Labute approximate surface area is 160 Å². The molecule has 1 fully saturated rings. The zero-order chi connectivity index (χ0) is 18.6. The van der Waals surface area contributed by atoms with Crippen LogP contribution >= 0.6 is 0 Å². The summed E-state index contributed by atoms with van der Waals surface area (Å²) >= 11 is 0. The van der Waals surface area contributed by atoms with E-state index in [2.05, 4.69) is 14.8 Å². The van der Waals surface area contributed by atoms with Gasteiger partial charge < -0.3 is 15.0 Å². The molecule has 4 rings (SSSR count). The lowest BCUT2D eigenvalue weighted by Gasteiger charge is -2.29. The molecule has 2 aromatic rings. The molecule has 0 radical (unpaired) electrons. The molecule has 2 heterocycles. The molecule has 0 atom stereocenters. The number of amides is 1. The van der Waals surface area contributed by atoms with Gasteiger partial charge in [-0.25, -0.2) is 4.98 Å². The molecular formula is C21H28N4O2. The average molecular weight is 368 g/mol. The maximum absolute atomic E-state index is 13.0. The Kier molecular flexibility index (Phi) is 5.55. The number of benzene rings is 1. The maximum atomic E-state index is 13.0. The van der Waals surface area contributed by atoms with Crippen molar-refractivity contribution in [1.82, 2.24) is 19.8 Å². The number of rotatable bonds is 5. The number of carbonyl (C=O) groups is 1. The molecule has 6 nitrogen and oxygen atoms in total. The summed E-state index contributed by atoms with van der Waals surface area (Å²) in [6.45, 7) is 3.03. The van der Waals surface area contributed by atoms with E-state index in [4.69, 9.17) is 4.98 Å². The number of imidazole rings is 1. The number of carbonyl (C=O) groups excluding carboxylic acids is 1. The average Bonchev–Trinajstić information content (AvgIpc) is 3.09. The van der Waals surface area contributed by atoms with Crippen LogP contribution in [0.3, 0.4) is 0 Å². The highest BCUT2D eigenvalue weighted by Crippen LogP contribution is 2.27. The van der Waals surface area contributed by atoms with Crippen molar-refractivity contribution < 1.29 is 9.90 Å². The summed E-state index contributed by atoms with van der Waals surface area (Å²) in [6, 6.07) is 10.3. The molecule has 27 heavy (non-hydrogen) atoms. The van der Waals surface area contributed by atoms with E-state index in [1.54, 1.807) is 0 Å². The van der Waals surface area contributed by atoms with E-state index < -0.39 is 0 Å². The van der Waals surface area contributed by atoms with Crippen LogP contribution in [0.4, 0.5) is 0 Å². The third-order valence-electron chi connectivity index (χ3n) is 5.69. The second-order valence-corrected chi connectivity index (χ2v) is 7.56. The van der Waals surface area contributed by atoms with Crippen LogP contribution in [0, 0.1) is 0 Å². The highest BCUT2D eigenvalue weighted by molar-refractivity contribution is 5.94. The smallest absolute Gasteiger partial charge is 0.272 e. The van der Waals surface area contributed by atoms with Crippen LogP contribution in [0.5, 0.6) is 0 Å². The summed E-state index contributed by atoms with van der Waals surface area (Å²) in [7, 11) is 0. The summed E-state index contributed by atoms with van der Waals surface area (Å²) in [5.41, 5.74) is 2.54. The lowest BCUT2D eigenvalue weighted by atomic mass is 9.95. The lowest BCUT2D eigenvalue weighted by molar-refractivity contribution is 0.0918. The van der Waals surface area contributed by atoms with Crippen molar-refractivity contribution in [1.29, 1.82) is 0 Å². The third-order valence-corrected chi connectivity index (χ3v) is 5.69. The predicted octanol–water partition coefficient (Wildman–Crippen LogP) is 2.42.